The van der Waals surface area contributed by atoms with Crippen LogP contribution in [0.1, 0.15) is 25.7 Å². The maximum Gasteiger partial charge on any atom is 0.0685 e. The summed E-state index contributed by atoms with van der Waals surface area (Å²) in [5.74, 6) is 0. The van der Waals surface area contributed by atoms with Gasteiger partial charge >= 0.3 is 0 Å². The quantitative estimate of drug-likeness (QED) is 0.473. The first-order chi connectivity index (χ1) is 8.83. The predicted octanol–water partition coefficient (Wildman–Crippen LogP) is 1.50. The second-order valence-corrected chi connectivity index (χ2v) is 4.98. The Balaban J connectivity index is 1.82. The van der Waals surface area contributed by atoms with Crippen molar-refractivity contribution < 1.29 is 4.84 Å². The predicted molar refractivity (Wildman–Crippen MR) is 76.6 cm³/mol. The summed E-state index contributed by atoms with van der Waals surface area (Å²) in [7, 11) is 2.15. The van der Waals surface area contributed by atoms with Crippen LogP contribution in [-0.2, 0) is 4.84 Å². The first kappa shape index (κ1) is 15.6. The van der Waals surface area contributed by atoms with E-state index >= 15 is 0 Å². The fourth-order valence-corrected chi connectivity index (χ4v) is 2.12. The summed E-state index contributed by atoms with van der Waals surface area (Å²) in [6.45, 7) is 10.9. The first-order valence-corrected chi connectivity index (χ1v) is 7.21. The number of hydroxylamine groups is 2. The van der Waals surface area contributed by atoms with Crippen LogP contribution in [0.4, 0.5) is 0 Å². The van der Waals surface area contributed by atoms with Crippen molar-refractivity contribution in [2.24, 2.45) is 0 Å². The van der Waals surface area contributed by atoms with Gasteiger partial charge in [0.2, 0.25) is 0 Å². The topological polar surface area (TPSA) is 27.7 Å². The summed E-state index contributed by atoms with van der Waals surface area (Å²) in [4.78, 5) is 8.03. The number of piperazine rings is 1. The molecule has 0 saturated carbocycles. The van der Waals surface area contributed by atoms with E-state index in [-0.39, 0.29) is 0 Å². The molecule has 106 valence electrons. The minimum atomic E-state index is 0.877. The van der Waals surface area contributed by atoms with Gasteiger partial charge in [-0.1, -0.05) is 18.9 Å². The molecule has 1 saturated heterocycles. The van der Waals surface area contributed by atoms with E-state index in [0.717, 1.165) is 39.3 Å². The summed E-state index contributed by atoms with van der Waals surface area (Å²) in [5, 5.41) is 5.41. The van der Waals surface area contributed by atoms with Gasteiger partial charge in [0.15, 0.2) is 0 Å². The second kappa shape index (κ2) is 10.5. The van der Waals surface area contributed by atoms with Crippen LogP contribution < -0.4 is 5.32 Å². The van der Waals surface area contributed by atoms with Gasteiger partial charge in [0.25, 0.3) is 0 Å². The van der Waals surface area contributed by atoms with Gasteiger partial charge in [-0.15, -0.1) is 6.58 Å². The van der Waals surface area contributed by atoms with E-state index in [4.69, 9.17) is 4.84 Å². The van der Waals surface area contributed by atoms with Gasteiger partial charge in [-0.3, -0.25) is 4.84 Å². The highest BCUT2D eigenvalue weighted by atomic mass is 16.7. The van der Waals surface area contributed by atoms with Crippen molar-refractivity contribution in [1.29, 1.82) is 0 Å². The molecule has 1 N–H and O–H groups in total. The van der Waals surface area contributed by atoms with E-state index < -0.39 is 0 Å². The maximum absolute atomic E-state index is 5.72. The zero-order valence-corrected chi connectivity index (χ0v) is 11.9. The molecule has 4 nitrogen and oxygen atoms in total. The Hall–Kier alpha value is -0.420. The van der Waals surface area contributed by atoms with Gasteiger partial charge in [-0.25, -0.2) is 0 Å². The molecular formula is C14H29N3O. The van der Waals surface area contributed by atoms with Crippen molar-refractivity contribution in [1.82, 2.24) is 15.3 Å². The van der Waals surface area contributed by atoms with Crippen molar-refractivity contribution in [3.05, 3.63) is 12.7 Å². The lowest BCUT2D eigenvalue weighted by molar-refractivity contribution is -0.165. The molecule has 0 radical (unpaired) electrons. The Morgan fingerprint density at radius 2 is 1.94 bits per heavy atom. The number of nitrogens with one attached hydrogen (secondary N) is 1. The van der Waals surface area contributed by atoms with Crippen LogP contribution in [0, 0.1) is 0 Å². The minimum absolute atomic E-state index is 0.877. The van der Waals surface area contributed by atoms with Crippen LogP contribution in [0.2, 0.25) is 0 Å². The molecule has 1 rings (SSSR count). The van der Waals surface area contributed by atoms with E-state index in [2.05, 4.69) is 28.9 Å². The van der Waals surface area contributed by atoms with Crippen molar-refractivity contribution in [3.8, 4) is 0 Å². The summed E-state index contributed by atoms with van der Waals surface area (Å²) in [6, 6.07) is 0. The van der Waals surface area contributed by atoms with Gasteiger partial charge in [0.05, 0.1) is 6.61 Å². The molecule has 1 aliphatic heterocycles. The normalized spacial score (nSPS) is 17.2. The molecule has 1 aliphatic rings. The highest BCUT2D eigenvalue weighted by Gasteiger charge is 2.08. The molecule has 1 fully saturated rings. The zero-order chi connectivity index (χ0) is 13.1. The van der Waals surface area contributed by atoms with E-state index in [1.807, 2.05) is 6.08 Å². The SMILES string of the molecule is C=CCN(C)CCCCCCON1CCNCC1. The molecule has 0 bridgehead atoms. The average molecular weight is 255 g/mol. The molecule has 0 aromatic carbocycles. The Morgan fingerprint density at radius 1 is 1.22 bits per heavy atom. The largest absolute Gasteiger partial charge is 0.314 e. The van der Waals surface area contributed by atoms with Gasteiger partial charge < -0.3 is 10.2 Å². The standard InChI is InChI=1S/C14H29N3O/c1-3-10-16(2)11-6-4-5-7-14-18-17-12-8-15-9-13-17/h3,15H,1,4-14H2,2H3. The zero-order valence-electron chi connectivity index (χ0n) is 11.9. The Kier molecular flexibility index (Phi) is 9.12. The summed E-state index contributed by atoms with van der Waals surface area (Å²) < 4.78 is 0. The Labute approximate surface area is 112 Å². The molecule has 0 spiro atoms. The molecule has 0 atom stereocenters. The first-order valence-electron chi connectivity index (χ1n) is 7.21. The van der Waals surface area contributed by atoms with Crippen LogP contribution in [0.3, 0.4) is 0 Å². The lowest BCUT2D eigenvalue weighted by Gasteiger charge is -2.26. The van der Waals surface area contributed by atoms with E-state index in [1.54, 1.807) is 0 Å². The smallest absolute Gasteiger partial charge is 0.0685 e. The molecular weight excluding hydrogens is 226 g/mol. The van der Waals surface area contributed by atoms with Crippen LogP contribution >= 0.6 is 0 Å². The van der Waals surface area contributed by atoms with Gasteiger partial charge in [-0.2, -0.15) is 5.06 Å². The summed E-state index contributed by atoms with van der Waals surface area (Å²) in [6.07, 6.45) is 6.98. The highest BCUT2D eigenvalue weighted by Crippen LogP contribution is 2.03. The van der Waals surface area contributed by atoms with E-state index in [1.165, 1.54) is 32.2 Å². The van der Waals surface area contributed by atoms with Gasteiger partial charge in [0.1, 0.15) is 0 Å². The third kappa shape index (κ3) is 7.82. The fourth-order valence-electron chi connectivity index (χ4n) is 2.12. The number of unbranched alkanes of at least 4 members (excludes halogenated alkanes) is 3. The third-order valence-electron chi connectivity index (χ3n) is 3.22. The molecule has 0 amide bonds. The van der Waals surface area contributed by atoms with Crippen molar-refractivity contribution in [2.75, 3.05) is 52.9 Å². The van der Waals surface area contributed by atoms with Crippen molar-refractivity contribution >= 4 is 0 Å². The highest BCUT2D eigenvalue weighted by molar-refractivity contribution is 4.70. The fraction of sp³-hybridized carbons (Fsp3) is 0.857. The third-order valence-corrected chi connectivity index (χ3v) is 3.22. The lowest BCUT2D eigenvalue weighted by Crippen LogP contribution is -2.43. The number of rotatable bonds is 10. The van der Waals surface area contributed by atoms with Gasteiger partial charge in [0, 0.05) is 32.7 Å². The van der Waals surface area contributed by atoms with Crippen LogP contribution in [0.15, 0.2) is 12.7 Å². The van der Waals surface area contributed by atoms with Crippen molar-refractivity contribution in [3.63, 3.8) is 0 Å². The van der Waals surface area contributed by atoms with Crippen LogP contribution in [0.25, 0.3) is 0 Å². The Bertz CT molecular complexity index is 205. The molecule has 1 heterocycles. The molecule has 0 aromatic heterocycles. The maximum atomic E-state index is 5.72. The lowest BCUT2D eigenvalue weighted by atomic mass is 10.2. The minimum Gasteiger partial charge on any atom is -0.314 e. The second-order valence-electron chi connectivity index (χ2n) is 4.98. The Morgan fingerprint density at radius 3 is 2.67 bits per heavy atom. The average Bonchev–Trinajstić information content (AvgIpc) is 2.39. The molecule has 4 heteroatoms. The van der Waals surface area contributed by atoms with Crippen molar-refractivity contribution in [2.45, 2.75) is 25.7 Å². The number of hydrogen-bond acceptors (Lipinski definition) is 4. The molecule has 0 unspecified atom stereocenters. The van der Waals surface area contributed by atoms with Crippen LogP contribution in [0.5, 0.6) is 0 Å². The van der Waals surface area contributed by atoms with Crippen LogP contribution in [-0.4, -0.2) is 62.9 Å². The molecule has 0 aromatic rings. The van der Waals surface area contributed by atoms with Gasteiger partial charge in [-0.05, 0) is 26.4 Å². The number of nitrogens with zero attached hydrogens (tertiary/aromatic N) is 2. The number of likely N-dealkylation sites (N-methyl/N-ethyl adjacent to an activating group) is 1. The number of hydrogen-bond donors (Lipinski definition) is 1. The van der Waals surface area contributed by atoms with E-state index in [0.29, 0.717) is 0 Å². The molecule has 18 heavy (non-hydrogen) atoms. The van der Waals surface area contributed by atoms with E-state index in [9.17, 15) is 0 Å². The molecule has 0 aliphatic carbocycles. The monoisotopic (exact) mass is 255 g/mol. The summed E-state index contributed by atoms with van der Waals surface area (Å²) >= 11 is 0. The summed E-state index contributed by atoms with van der Waals surface area (Å²) in [5.41, 5.74) is 0.